The van der Waals surface area contributed by atoms with Gasteiger partial charge in [-0.1, -0.05) is 31.2 Å². The molecule has 0 saturated heterocycles. The molecule has 0 bridgehead atoms. The van der Waals surface area contributed by atoms with Crippen LogP contribution in [0.2, 0.25) is 0 Å². The predicted octanol–water partition coefficient (Wildman–Crippen LogP) is 2.74. The van der Waals surface area contributed by atoms with Gasteiger partial charge in [-0.25, -0.2) is 0 Å². The zero-order chi connectivity index (χ0) is 11.7. The molecule has 2 aromatic rings. The lowest BCUT2D eigenvalue weighted by atomic mass is 10.0. The fraction of sp³-hybridized carbons (Fsp3) is 0.333. The van der Waals surface area contributed by atoms with Gasteiger partial charge in [-0.05, 0) is 29.7 Å². The van der Waals surface area contributed by atoms with E-state index < -0.39 is 0 Å². The first-order chi connectivity index (χ1) is 8.38. The molecular formula is C15H18N2. The van der Waals surface area contributed by atoms with Crippen molar-refractivity contribution in [2.75, 3.05) is 6.54 Å². The van der Waals surface area contributed by atoms with Gasteiger partial charge in [0, 0.05) is 25.0 Å². The number of aryl methyl sites for hydroxylation is 1. The normalized spacial score (nSPS) is 19.0. The molecule has 0 fully saturated rings. The highest BCUT2D eigenvalue weighted by atomic mass is 15.1. The van der Waals surface area contributed by atoms with Gasteiger partial charge in [0.05, 0.1) is 6.04 Å². The Morgan fingerprint density at radius 1 is 1.24 bits per heavy atom. The molecule has 3 rings (SSSR count). The van der Waals surface area contributed by atoms with Crippen LogP contribution in [0.1, 0.15) is 29.8 Å². The van der Waals surface area contributed by atoms with Crippen LogP contribution < -0.4 is 5.32 Å². The van der Waals surface area contributed by atoms with Crippen molar-refractivity contribution in [1.29, 1.82) is 0 Å². The Labute approximate surface area is 102 Å². The zero-order valence-corrected chi connectivity index (χ0v) is 10.2. The number of benzene rings is 1. The van der Waals surface area contributed by atoms with Crippen LogP contribution in [0.3, 0.4) is 0 Å². The third-order valence-corrected chi connectivity index (χ3v) is 3.58. The van der Waals surface area contributed by atoms with Crippen molar-refractivity contribution in [1.82, 2.24) is 9.88 Å². The average Bonchev–Trinajstić information content (AvgIpc) is 2.87. The van der Waals surface area contributed by atoms with Crippen LogP contribution in [-0.4, -0.2) is 11.1 Å². The van der Waals surface area contributed by atoms with Crippen molar-refractivity contribution in [3.05, 3.63) is 59.4 Å². The minimum Gasteiger partial charge on any atom is -0.348 e. The number of hydrogen-bond acceptors (Lipinski definition) is 1. The summed E-state index contributed by atoms with van der Waals surface area (Å²) in [6, 6.07) is 13.7. The fourth-order valence-electron chi connectivity index (χ4n) is 2.56. The Morgan fingerprint density at radius 2 is 2.06 bits per heavy atom. The Balaban J connectivity index is 1.95. The average molecular weight is 226 g/mol. The van der Waals surface area contributed by atoms with E-state index in [1.807, 2.05) is 0 Å². The van der Waals surface area contributed by atoms with E-state index in [0.29, 0.717) is 6.04 Å². The number of rotatable bonds is 2. The lowest BCUT2D eigenvalue weighted by Gasteiger charge is -2.26. The molecule has 2 nitrogen and oxygen atoms in total. The maximum absolute atomic E-state index is 3.59. The third kappa shape index (κ3) is 1.89. The quantitative estimate of drug-likeness (QED) is 0.833. The van der Waals surface area contributed by atoms with Gasteiger partial charge in [0.1, 0.15) is 0 Å². The zero-order valence-electron chi connectivity index (χ0n) is 10.2. The molecule has 0 spiro atoms. The molecule has 17 heavy (non-hydrogen) atoms. The number of aromatic nitrogens is 1. The van der Waals surface area contributed by atoms with Crippen molar-refractivity contribution in [2.24, 2.45) is 0 Å². The van der Waals surface area contributed by atoms with E-state index in [1.165, 1.54) is 16.8 Å². The van der Waals surface area contributed by atoms with E-state index in [2.05, 4.69) is 59.4 Å². The highest BCUT2D eigenvalue weighted by Gasteiger charge is 2.20. The maximum atomic E-state index is 3.59. The van der Waals surface area contributed by atoms with Gasteiger partial charge in [0.15, 0.2) is 0 Å². The summed E-state index contributed by atoms with van der Waals surface area (Å²) < 4.78 is 2.34. The molecular weight excluding hydrogens is 208 g/mol. The Kier molecular flexibility index (Phi) is 2.73. The topological polar surface area (TPSA) is 17.0 Å². The van der Waals surface area contributed by atoms with Gasteiger partial charge in [0.25, 0.3) is 0 Å². The molecule has 1 aromatic carbocycles. The van der Waals surface area contributed by atoms with E-state index in [0.717, 1.165) is 19.5 Å². The molecule has 0 radical (unpaired) electrons. The number of hydrogen-bond donors (Lipinski definition) is 1. The van der Waals surface area contributed by atoms with Crippen LogP contribution in [0, 0.1) is 0 Å². The molecule has 1 N–H and O–H groups in total. The van der Waals surface area contributed by atoms with Crippen molar-refractivity contribution >= 4 is 0 Å². The Morgan fingerprint density at radius 3 is 2.82 bits per heavy atom. The first-order valence-corrected chi connectivity index (χ1v) is 6.35. The van der Waals surface area contributed by atoms with Gasteiger partial charge >= 0.3 is 0 Å². The molecule has 1 aromatic heterocycles. The summed E-state index contributed by atoms with van der Waals surface area (Å²) in [6.07, 6.45) is 3.28. The molecule has 0 amide bonds. The van der Waals surface area contributed by atoms with Crippen LogP contribution in [0.5, 0.6) is 0 Å². The van der Waals surface area contributed by atoms with Crippen molar-refractivity contribution in [2.45, 2.75) is 25.9 Å². The predicted molar refractivity (Wildman–Crippen MR) is 70.1 cm³/mol. The second-order valence-electron chi connectivity index (χ2n) is 4.61. The summed E-state index contributed by atoms with van der Waals surface area (Å²) in [5, 5.41) is 3.59. The second-order valence-corrected chi connectivity index (χ2v) is 4.61. The van der Waals surface area contributed by atoms with Crippen LogP contribution in [-0.2, 0) is 13.0 Å². The molecule has 1 atom stereocenters. The Hall–Kier alpha value is -1.54. The van der Waals surface area contributed by atoms with Crippen LogP contribution in [0.15, 0.2) is 42.6 Å². The number of nitrogens with one attached hydrogen (secondary N) is 1. The molecule has 0 saturated carbocycles. The minimum absolute atomic E-state index is 0.352. The van der Waals surface area contributed by atoms with Gasteiger partial charge in [-0.15, -0.1) is 0 Å². The fourth-order valence-corrected chi connectivity index (χ4v) is 2.56. The molecule has 1 aliphatic rings. The largest absolute Gasteiger partial charge is 0.348 e. The van der Waals surface area contributed by atoms with E-state index >= 15 is 0 Å². The molecule has 0 aliphatic carbocycles. The molecule has 2 heteroatoms. The van der Waals surface area contributed by atoms with Crippen molar-refractivity contribution in [3.8, 4) is 0 Å². The third-order valence-electron chi connectivity index (χ3n) is 3.58. The standard InChI is InChI=1S/C15H18N2/c1-2-12-5-7-13(8-6-12)15-14-4-3-10-17(14)11-9-16-15/h3-8,10,15-16H,2,9,11H2,1H3. The Bertz CT molecular complexity index is 496. The number of nitrogens with zero attached hydrogens (tertiary/aromatic N) is 1. The monoisotopic (exact) mass is 226 g/mol. The highest BCUT2D eigenvalue weighted by Crippen LogP contribution is 2.25. The van der Waals surface area contributed by atoms with Crippen LogP contribution in [0.25, 0.3) is 0 Å². The van der Waals surface area contributed by atoms with Gasteiger partial charge in [-0.3, -0.25) is 0 Å². The first-order valence-electron chi connectivity index (χ1n) is 6.35. The van der Waals surface area contributed by atoms with Gasteiger partial charge in [-0.2, -0.15) is 0 Å². The summed E-state index contributed by atoms with van der Waals surface area (Å²) in [5.74, 6) is 0. The summed E-state index contributed by atoms with van der Waals surface area (Å²) in [6.45, 7) is 4.31. The summed E-state index contributed by atoms with van der Waals surface area (Å²) in [5.41, 5.74) is 4.14. The minimum atomic E-state index is 0.352. The molecule has 1 unspecified atom stereocenters. The van der Waals surface area contributed by atoms with Crippen LogP contribution in [0.4, 0.5) is 0 Å². The highest BCUT2D eigenvalue weighted by molar-refractivity contribution is 5.32. The van der Waals surface area contributed by atoms with E-state index in [-0.39, 0.29) is 0 Å². The second kappa shape index (κ2) is 4.38. The SMILES string of the molecule is CCc1ccc(C2NCCn3cccc32)cc1. The first kappa shape index (κ1) is 10.6. The van der Waals surface area contributed by atoms with Crippen molar-refractivity contribution < 1.29 is 0 Å². The van der Waals surface area contributed by atoms with E-state index in [4.69, 9.17) is 0 Å². The molecule has 1 aliphatic heterocycles. The lowest BCUT2D eigenvalue weighted by molar-refractivity contribution is 0.467. The van der Waals surface area contributed by atoms with E-state index in [1.54, 1.807) is 0 Å². The van der Waals surface area contributed by atoms with E-state index in [9.17, 15) is 0 Å². The van der Waals surface area contributed by atoms with Gasteiger partial charge < -0.3 is 9.88 Å². The lowest BCUT2D eigenvalue weighted by Crippen LogP contribution is -2.33. The molecule has 88 valence electrons. The summed E-state index contributed by atoms with van der Waals surface area (Å²) >= 11 is 0. The summed E-state index contributed by atoms with van der Waals surface area (Å²) in [4.78, 5) is 0. The summed E-state index contributed by atoms with van der Waals surface area (Å²) in [7, 11) is 0. The van der Waals surface area contributed by atoms with Gasteiger partial charge in [0.2, 0.25) is 0 Å². The molecule has 2 heterocycles. The smallest absolute Gasteiger partial charge is 0.0731 e. The maximum Gasteiger partial charge on any atom is 0.0731 e. The van der Waals surface area contributed by atoms with Crippen LogP contribution >= 0.6 is 0 Å². The van der Waals surface area contributed by atoms with Crippen molar-refractivity contribution in [3.63, 3.8) is 0 Å². The number of fused-ring (bicyclic) bond motifs is 1.